The van der Waals surface area contributed by atoms with Crippen LogP contribution in [-0.4, -0.2) is 4.98 Å². The number of rotatable bonds is 8. The summed E-state index contributed by atoms with van der Waals surface area (Å²) in [5.41, 5.74) is 0. The molecule has 1 aromatic heterocycles. The molecule has 0 spiro atoms. The molecule has 86 valence electrons. The zero-order chi connectivity index (χ0) is 10.9. The van der Waals surface area contributed by atoms with Crippen molar-refractivity contribution in [2.45, 2.75) is 65.3 Å². The van der Waals surface area contributed by atoms with E-state index < -0.39 is 0 Å². The molecule has 0 radical (unpaired) electrons. The van der Waals surface area contributed by atoms with Crippen molar-refractivity contribution < 1.29 is 4.57 Å². The van der Waals surface area contributed by atoms with E-state index >= 15 is 0 Å². The number of aromatic nitrogens is 2. The van der Waals surface area contributed by atoms with Gasteiger partial charge < -0.3 is 0 Å². The van der Waals surface area contributed by atoms with Crippen LogP contribution in [0.1, 0.15) is 58.2 Å². The van der Waals surface area contributed by atoms with E-state index in [-0.39, 0.29) is 0 Å². The minimum absolute atomic E-state index is 1.08. The molecule has 0 fully saturated rings. The summed E-state index contributed by atoms with van der Waals surface area (Å²) in [6.45, 7) is 5.54. The number of imidazole rings is 1. The molecule has 0 aromatic carbocycles. The van der Waals surface area contributed by atoms with Gasteiger partial charge in [-0.25, -0.2) is 9.55 Å². The molecule has 1 N–H and O–H groups in total. The van der Waals surface area contributed by atoms with E-state index in [1.165, 1.54) is 50.8 Å². The zero-order valence-electron chi connectivity index (χ0n) is 10.3. The molecule has 1 heterocycles. The monoisotopic (exact) mass is 209 g/mol. The molecular formula is C13H25N2+. The van der Waals surface area contributed by atoms with Gasteiger partial charge in [-0.05, 0) is 13.3 Å². The molecule has 1 aromatic rings. The molecule has 0 bridgehead atoms. The van der Waals surface area contributed by atoms with Crippen molar-refractivity contribution in [2.24, 2.45) is 0 Å². The van der Waals surface area contributed by atoms with Crippen LogP contribution in [0, 0.1) is 0 Å². The van der Waals surface area contributed by atoms with Crippen molar-refractivity contribution in [3.05, 3.63) is 18.2 Å². The van der Waals surface area contributed by atoms with E-state index in [9.17, 15) is 0 Å². The first-order valence-corrected chi connectivity index (χ1v) is 6.44. The summed E-state index contributed by atoms with van der Waals surface area (Å²) in [5.74, 6) is 1.38. The van der Waals surface area contributed by atoms with E-state index in [4.69, 9.17) is 0 Å². The maximum atomic E-state index is 3.32. The van der Waals surface area contributed by atoms with Gasteiger partial charge in [-0.1, -0.05) is 39.0 Å². The van der Waals surface area contributed by atoms with Gasteiger partial charge in [-0.15, -0.1) is 0 Å². The lowest BCUT2D eigenvalue weighted by Gasteiger charge is -1.99. The first-order valence-electron chi connectivity index (χ1n) is 6.44. The SMILES string of the molecule is CCCCCCCCc1[nH]cc[n+]1CC. The van der Waals surface area contributed by atoms with Crippen LogP contribution in [-0.2, 0) is 13.0 Å². The Kier molecular flexibility index (Phi) is 6.14. The number of hydrogen-bond acceptors (Lipinski definition) is 0. The standard InChI is InChI=1S/C13H24N2/c1-3-5-6-7-8-9-10-13-14-11-12-15(13)4-2/h11-12H,3-10H2,1-2H3/p+1. The third-order valence-electron chi connectivity index (χ3n) is 2.96. The van der Waals surface area contributed by atoms with Crippen molar-refractivity contribution in [1.29, 1.82) is 0 Å². The van der Waals surface area contributed by atoms with Crippen LogP contribution in [0.3, 0.4) is 0 Å². The van der Waals surface area contributed by atoms with Gasteiger partial charge in [0.25, 0.3) is 5.82 Å². The molecule has 15 heavy (non-hydrogen) atoms. The molecule has 0 aliphatic carbocycles. The van der Waals surface area contributed by atoms with Gasteiger partial charge in [0.15, 0.2) is 0 Å². The predicted molar refractivity (Wildman–Crippen MR) is 63.7 cm³/mol. The number of aryl methyl sites for hydroxylation is 2. The summed E-state index contributed by atoms with van der Waals surface area (Å²) in [7, 11) is 0. The number of H-pyrrole nitrogens is 1. The van der Waals surface area contributed by atoms with Crippen molar-refractivity contribution in [2.75, 3.05) is 0 Å². The van der Waals surface area contributed by atoms with Gasteiger partial charge in [0.2, 0.25) is 0 Å². The molecule has 1 rings (SSSR count). The highest BCUT2D eigenvalue weighted by atomic mass is 15.0. The van der Waals surface area contributed by atoms with E-state index in [0.29, 0.717) is 0 Å². The summed E-state index contributed by atoms with van der Waals surface area (Å²) in [6.07, 6.45) is 13.6. The van der Waals surface area contributed by atoms with Crippen LogP contribution in [0.25, 0.3) is 0 Å². The molecule has 0 aliphatic heterocycles. The van der Waals surface area contributed by atoms with E-state index in [1.807, 2.05) is 6.20 Å². The normalized spacial score (nSPS) is 10.8. The topological polar surface area (TPSA) is 19.7 Å². The number of hydrogen-bond donors (Lipinski definition) is 1. The highest BCUT2D eigenvalue weighted by molar-refractivity contribution is 4.77. The summed E-state index contributed by atoms with van der Waals surface area (Å²) in [6, 6.07) is 0. The van der Waals surface area contributed by atoms with E-state index in [2.05, 4.69) is 29.6 Å². The zero-order valence-corrected chi connectivity index (χ0v) is 10.3. The Morgan fingerprint density at radius 1 is 1.07 bits per heavy atom. The lowest BCUT2D eigenvalue weighted by molar-refractivity contribution is -0.699. The maximum absolute atomic E-state index is 3.32. The molecule has 0 saturated heterocycles. The Morgan fingerprint density at radius 3 is 2.53 bits per heavy atom. The molecule has 0 amide bonds. The number of nitrogens with zero attached hydrogens (tertiary/aromatic N) is 1. The second-order valence-electron chi connectivity index (χ2n) is 4.21. The van der Waals surface area contributed by atoms with Crippen molar-refractivity contribution >= 4 is 0 Å². The number of unbranched alkanes of at least 4 members (excludes halogenated alkanes) is 5. The number of nitrogens with one attached hydrogen (secondary N) is 1. The maximum Gasteiger partial charge on any atom is 0.254 e. The van der Waals surface area contributed by atoms with Gasteiger partial charge in [-0.2, -0.15) is 0 Å². The van der Waals surface area contributed by atoms with Gasteiger partial charge in [0.1, 0.15) is 12.4 Å². The second-order valence-corrected chi connectivity index (χ2v) is 4.21. The van der Waals surface area contributed by atoms with Gasteiger partial charge in [0, 0.05) is 6.42 Å². The van der Waals surface area contributed by atoms with Crippen LogP contribution in [0.2, 0.25) is 0 Å². The van der Waals surface area contributed by atoms with Crippen LogP contribution in [0.15, 0.2) is 12.4 Å². The fourth-order valence-corrected chi connectivity index (χ4v) is 1.98. The minimum Gasteiger partial charge on any atom is -0.248 e. The lowest BCUT2D eigenvalue weighted by atomic mass is 10.1. The lowest BCUT2D eigenvalue weighted by Crippen LogP contribution is -2.34. The fraction of sp³-hybridized carbons (Fsp3) is 0.769. The quantitative estimate of drug-likeness (QED) is 0.501. The highest BCUT2D eigenvalue weighted by Gasteiger charge is 2.07. The largest absolute Gasteiger partial charge is 0.254 e. The second kappa shape index (κ2) is 7.49. The fourth-order valence-electron chi connectivity index (χ4n) is 1.98. The Balaban J connectivity index is 2.09. The van der Waals surface area contributed by atoms with Crippen LogP contribution in [0.5, 0.6) is 0 Å². The Bertz CT molecular complexity index is 253. The molecule has 0 aliphatic rings. The van der Waals surface area contributed by atoms with E-state index in [1.54, 1.807) is 0 Å². The van der Waals surface area contributed by atoms with Crippen LogP contribution >= 0.6 is 0 Å². The van der Waals surface area contributed by atoms with Gasteiger partial charge in [0.05, 0.1) is 6.54 Å². The Morgan fingerprint density at radius 2 is 1.80 bits per heavy atom. The van der Waals surface area contributed by atoms with Crippen LogP contribution < -0.4 is 4.57 Å². The molecule has 0 saturated carbocycles. The third-order valence-corrected chi connectivity index (χ3v) is 2.96. The third kappa shape index (κ3) is 4.50. The summed E-state index contributed by atoms with van der Waals surface area (Å²) in [5, 5.41) is 0. The molecule has 0 atom stereocenters. The van der Waals surface area contributed by atoms with Gasteiger partial charge >= 0.3 is 0 Å². The average molecular weight is 209 g/mol. The minimum atomic E-state index is 1.08. The predicted octanol–water partition coefficient (Wildman–Crippen LogP) is 3.23. The molecule has 2 nitrogen and oxygen atoms in total. The Hall–Kier alpha value is -0.790. The number of aromatic amines is 1. The summed E-state index contributed by atoms with van der Waals surface area (Å²) < 4.78 is 2.30. The summed E-state index contributed by atoms with van der Waals surface area (Å²) in [4.78, 5) is 3.32. The molecular weight excluding hydrogens is 184 g/mol. The summed E-state index contributed by atoms with van der Waals surface area (Å²) >= 11 is 0. The van der Waals surface area contributed by atoms with Crippen molar-refractivity contribution in [3.8, 4) is 0 Å². The average Bonchev–Trinajstić information content (AvgIpc) is 2.70. The highest BCUT2D eigenvalue weighted by Crippen LogP contribution is 2.06. The van der Waals surface area contributed by atoms with Crippen LogP contribution in [0.4, 0.5) is 0 Å². The smallest absolute Gasteiger partial charge is 0.248 e. The molecule has 0 unspecified atom stereocenters. The van der Waals surface area contributed by atoms with E-state index in [0.717, 1.165) is 6.54 Å². The van der Waals surface area contributed by atoms with Crippen molar-refractivity contribution in [1.82, 2.24) is 4.98 Å². The first kappa shape index (κ1) is 12.3. The molecule has 2 heteroatoms. The Labute approximate surface area is 93.7 Å². The van der Waals surface area contributed by atoms with Crippen molar-refractivity contribution in [3.63, 3.8) is 0 Å². The van der Waals surface area contributed by atoms with Gasteiger partial charge in [-0.3, -0.25) is 0 Å². The first-order chi connectivity index (χ1) is 7.38.